The van der Waals surface area contributed by atoms with E-state index in [0.29, 0.717) is 0 Å². The third-order valence-corrected chi connectivity index (χ3v) is 17.4. The molecular formula is C69H72. The minimum absolute atomic E-state index is 0.0406. The van der Waals surface area contributed by atoms with E-state index in [0.717, 1.165) is 19.3 Å². The maximum atomic E-state index is 2.71. The van der Waals surface area contributed by atoms with Crippen molar-refractivity contribution in [3.8, 4) is 0 Å². The quantitative estimate of drug-likeness (QED) is 0.142. The third kappa shape index (κ3) is 5.48. The van der Waals surface area contributed by atoms with E-state index in [-0.39, 0.29) is 32.5 Å². The molecule has 0 heteroatoms. The summed E-state index contributed by atoms with van der Waals surface area (Å²) in [5, 5.41) is 26.5. The Labute approximate surface area is 410 Å². The molecule has 0 radical (unpaired) electrons. The maximum Gasteiger partial charge on any atom is -0.000684 e. The molecule has 0 unspecified atom stereocenters. The van der Waals surface area contributed by atoms with Crippen LogP contribution in [0.2, 0.25) is 0 Å². The number of allylic oxidation sites excluding steroid dienone is 3. The van der Waals surface area contributed by atoms with Gasteiger partial charge in [-0.3, -0.25) is 0 Å². The molecule has 348 valence electrons. The number of fused-ring (bicyclic) bond motifs is 12. The Morgan fingerprint density at radius 2 is 0.420 bits per heavy atom. The van der Waals surface area contributed by atoms with Crippen LogP contribution in [0.4, 0.5) is 0 Å². The van der Waals surface area contributed by atoms with Crippen molar-refractivity contribution >= 4 is 115 Å². The minimum atomic E-state index is -0.0580. The van der Waals surface area contributed by atoms with E-state index in [9.17, 15) is 0 Å². The molecular weight excluding hydrogens is 829 g/mol. The Morgan fingerprint density at radius 3 is 0.609 bits per heavy atom. The first-order valence-corrected chi connectivity index (χ1v) is 26.4. The normalized spacial score (nSPS) is 15.9. The molecule has 0 saturated carbocycles. The van der Waals surface area contributed by atoms with E-state index in [1.54, 1.807) is 0 Å². The molecule has 0 fully saturated rings. The van der Waals surface area contributed by atoms with Crippen molar-refractivity contribution in [2.45, 2.75) is 176 Å². The molecule has 0 bridgehead atoms. The van der Waals surface area contributed by atoms with Crippen LogP contribution >= 0.6 is 0 Å². The predicted octanol–water partition coefficient (Wildman–Crippen LogP) is 19.9. The predicted molar refractivity (Wildman–Crippen MR) is 308 cm³/mol. The Morgan fingerprint density at radius 1 is 0.232 bits per heavy atom. The van der Waals surface area contributed by atoms with Gasteiger partial charge in [0.2, 0.25) is 0 Å². The second-order valence-electron chi connectivity index (χ2n) is 28.3. The monoisotopic (exact) mass is 901 g/mol. The lowest BCUT2D eigenvalue weighted by Gasteiger charge is -2.30. The molecule has 10 aromatic carbocycles. The van der Waals surface area contributed by atoms with Gasteiger partial charge in [0.05, 0.1) is 0 Å². The smallest absolute Gasteiger partial charge is 0.000684 e. The molecule has 0 atom stereocenters. The van der Waals surface area contributed by atoms with E-state index < -0.39 is 0 Å². The number of hydrogen-bond acceptors (Lipinski definition) is 0. The molecule has 0 heterocycles. The zero-order chi connectivity index (χ0) is 48.9. The number of benzene rings is 7. The molecule has 69 heavy (non-hydrogen) atoms. The van der Waals surface area contributed by atoms with Gasteiger partial charge in [0.1, 0.15) is 0 Å². The Kier molecular flexibility index (Phi) is 8.14. The molecule has 3 aliphatic rings. The molecule has 0 aromatic heterocycles. The Balaban J connectivity index is 1.47. The Hall–Kier alpha value is -5.46. The van der Waals surface area contributed by atoms with Gasteiger partial charge in [0.15, 0.2) is 0 Å². The molecule has 0 aliphatic heterocycles. The first-order valence-electron chi connectivity index (χ1n) is 26.4. The summed E-state index contributed by atoms with van der Waals surface area (Å²) in [5.74, 6) is 0. The highest BCUT2D eigenvalue weighted by molar-refractivity contribution is 6.56. The topological polar surface area (TPSA) is 0 Å². The summed E-state index contributed by atoms with van der Waals surface area (Å²) in [6, 6.07) is 16.2. The van der Waals surface area contributed by atoms with Crippen LogP contribution in [-0.4, -0.2) is 0 Å². The number of rotatable bonds is 0. The summed E-state index contributed by atoms with van der Waals surface area (Å²) in [6.45, 7) is 44.1. The second kappa shape index (κ2) is 12.9. The standard InChI is InChI=1S/C69H72/c1-64(2,3)46-28-40-55-41(29-47(65(4,5)6)35-23-19-22-34(46)52(35)55)59-58(40)60-42-30-48(66(7,8)9)36-24-20-25-37-49(67(10,11)12)31-43(56(42)53(36)37)62(60)63-45-33-51(69(16,17)18)39-27-21-26-38-50(68(13,14)15)32-44(61(59)63)57(45)54(38)39/h19-22,25-26,28-33H,23-24,27H2,1-18H3. The van der Waals surface area contributed by atoms with Crippen molar-refractivity contribution in [1.29, 1.82) is 0 Å². The van der Waals surface area contributed by atoms with Crippen LogP contribution in [0, 0.1) is 0 Å². The lowest BCUT2D eigenvalue weighted by atomic mass is 9.74. The lowest BCUT2D eigenvalue weighted by molar-refractivity contribution is 0.584. The van der Waals surface area contributed by atoms with Gasteiger partial charge in [-0.15, -0.1) is 0 Å². The van der Waals surface area contributed by atoms with E-state index >= 15 is 0 Å². The van der Waals surface area contributed by atoms with E-state index in [4.69, 9.17) is 0 Å². The summed E-state index contributed by atoms with van der Waals surface area (Å²) in [4.78, 5) is 0. The third-order valence-electron chi connectivity index (χ3n) is 17.4. The van der Waals surface area contributed by atoms with Crippen molar-refractivity contribution in [2.75, 3.05) is 0 Å². The van der Waals surface area contributed by atoms with Crippen molar-refractivity contribution in [3.05, 3.63) is 121 Å². The highest BCUT2D eigenvalue weighted by atomic mass is 14.4. The van der Waals surface area contributed by atoms with Crippen molar-refractivity contribution in [2.24, 2.45) is 0 Å². The van der Waals surface area contributed by atoms with Crippen molar-refractivity contribution < 1.29 is 0 Å². The lowest BCUT2D eigenvalue weighted by Crippen LogP contribution is -2.18. The van der Waals surface area contributed by atoms with Gasteiger partial charge in [-0.25, -0.2) is 0 Å². The molecule has 0 nitrogen and oxygen atoms in total. The maximum absolute atomic E-state index is 2.71. The summed E-state index contributed by atoms with van der Waals surface area (Å²) in [6.07, 6.45) is 17.8. The van der Waals surface area contributed by atoms with Crippen LogP contribution in [0.25, 0.3) is 115 Å². The Bertz CT molecular complexity index is 3560. The first kappa shape index (κ1) is 43.6. The fourth-order valence-corrected chi connectivity index (χ4v) is 14.6. The van der Waals surface area contributed by atoms with E-state index in [2.05, 4.69) is 197 Å². The van der Waals surface area contributed by atoms with Gasteiger partial charge in [0.25, 0.3) is 0 Å². The van der Waals surface area contributed by atoms with Crippen molar-refractivity contribution in [3.63, 3.8) is 0 Å². The van der Waals surface area contributed by atoms with Crippen LogP contribution in [0.3, 0.4) is 0 Å². The van der Waals surface area contributed by atoms with Gasteiger partial charge < -0.3 is 0 Å². The average molecular weight is 901 g/mol. The molecule has 0 saturated heterocycles. The summed E-state index contributed by atoms with van der Waals surface area (Å²) in [7, 11) is 0. The van der Waals surface area contributed by atoms with Gasteiger partial charge in [0, 0.05) is 0 Å². The average Bonchev–Trinajstić information content (AvgIpc) is 3.87. The summed E-state index contributed by atoms with van der Waals surface area (Å²) >= 11 is 0. The fraction of sp³-hybridized carbons (Fsp3) is 0.391. The fourth-order valence-electron chi connectivity index (χ4n) is 14.6. The highest BCUT2D eigenvalue weighted by Crippen LogP contribution is 2.61. The van der Waals surface area contributed by atoms with Gasteiger partial charge in [-0.05, 0) is 252 Å². The van der Waals surface area contributed by atoms with Crippen LogP contribution < -0.4 is 0 Å². The van der Waals surface area contributed by atoms with E-state index in [1.807, 2.05) is 0 Å². The molecule has 0 amide bonds. The highest BCUT2D eigenvalue weighted by Gasteiger charge is 2.38. The van der Waals surface area contributed by atoms with E-state index in [1.165, 1.54) is 164 Å². The molecule has 10 aromatic rings. The summed E-state index contributed by atoms with van der Waals surface area (Å²) < 4.78 is 0. The molecule has 0 spiro atoms. The molecule has 0 N–H and O–H groups in total. The summed E-state index contributed by atoms with van der Waals surface area (Å²) in [5.41, 5.74) is 17.5. The molecule has 3 aliphatic carbocycles. The molecule has 13 rings (SSSR count). The zero-order valence-corrected chi connectivity index (χ0v) is 45.0. The largest absolute Gasteiger partial charge is 0.0795 e. The van der Waals surface area contributed by atoms with Crippen LogP contribution in [0.5, 0.6) is 0 Å². The van der Waals surface area contributed by atoms with Crippen molar-refractivity contribution in [1.82, 2.24) is 0 Å². The first-order chi connectivity index (χ1) is 32.1. The SMILES string of the molecule is CC(C)(C)c1cc2c3c4c1C=CCc4c(C(C)(C)C)cc3c1c3c4cc(C(C)(C)C)c5c6c(c(C(C)(C)C)cc(c64)c3c3c4cc(C(C)(C)C)c6c7c(c(C(C)(C)C)cc(c74)c3c21)CC=C6)CC=C5. The second-order valence-corrected chi connectivity index (χ2v) is 28.3. The van der Waals surface area contributed by atoms with Crippen LogP contribution in [-0.2, 0) is 51.8 Å². The van der Waals surface area contributed by atoms with Gasteiger partial charge in [-0.1, -0.05) is 161 Å². The zero-order valence-electron chi connectivity index (χ0n) is 45.0. The number of hydrogen-bond donors (Lipinski definition) is 0. The van der Waals surface area contributed by atoms with Crippen LogP contribution in [0.15, 0.2) is 54.6 Å². The van der Waals surface area contributed by atoms with Crippen LogP contribution in [0.1, 0.15) is 191 Å². The minimum Gasteiger partial charge on any atom is -0.0795 e. The van der Waals surface area contributed by atoms with Gasteiger partial charge >= 0.3 is 0 Å². The van der Waals surface area contributed by atoms with Gasteiger partial charge in [-0.2, -0.15) is 0 Å².